The van der Waals surface area contributed by atoms with E-state index in [9.17, 15) is 4.79 Å². The predicted molar refractivity (Wildman–Crippen MR) is 101 cm³/mol. The molecule has 5 nitrogen and oxygen atoms in total. The zero-order chi connectivity index (χ0) is 17.5. The summed E-state index contributed by atoms with van der Waals surface area (Å²) in [7, 11) is 0. The summed E-state index contributed by atoms with van der Waals surface area (Å²) in [6, 6.07) is 8.10. The number of rotatable bonds is 2. The maximum Gasteiger partial charge on any atom is 0.252 e. The van der Waals surface area contributed by atoms with Crippen LogP contribution in [0, 0.1) is 5.92 Å². The van der Waals surface area contributed by atoms with Crippen molar-refractivity contribution in [3.05, 3.63) is 77.9 Å². The van der Waals surface area contributed by atoms with Gasteiger partial charge in [0.15, 0.2) is 0 Å². The van der Waals surface area contributed by atoms with Gasteiger partial charge in [-0.2, -0.15) is 5.10 Å². The van der Waals surface area contributed by atoms with E-state index in [0.717, 1.165) is 45.3 Å². The van der Waals surface area contributed by atoms with Crippen LogP contribution in [0.4, 0.5) is 0 Å². The van der Waals surface area contributed by atoms with E-state index >= 15 is 0 Å². The lowest BCUT2D eigenvalue weighted by Crippen LogP contribution is -2.13. The third kappa shape index (κ3) is 2.37. The van der Waals surface area contributed by atoms with E-state index in [0.29, 0.717) is 0 Å². The first-order valence-corrected chi connectivity index (χ1v) is 8.57. The van der Waals surface area contributed by atoms with Gasteiger partial charge in [-0.05, 0) is 59.5 Å². The van der Waals surface area contributed by atoms with Crippen LogP contribution in [0.15, 0.2) is 72.4 Å². The van der Waals surface area contributed by atoms with Crippen LogP contribution in [0.1, 0.15) is 12.0 Å². The number of nitrogens with zero attached hydrogens (tertiary/aromatic N) is 2. The fraction of sp³-hybridized carbons (Fsp3) is 0.0952. The molecule has 26 heavy (non-hydrogen) atoms. The second kappa shape index (κ2) is 5.81. The van der Waals surface area contributed by atoms with Crippen LogP contribution in [0.3, 0.4) is 0 Å². The minimum Gasteiger partial charge on any atom is -0.325 e. The minimum atomic E-state index is -0.0138. The normalized spacial score (nSPS) is 20.3. The molecule has 1 amide bonds. The van der Waals surface area contributed by atoms with Crippen molar-refractivity contribution in [3.63, 3.8) is 0 Å². The fourth-order valence-electron chi connectivity index (χ4n) is 3.69. The molecule has 1 saturated heterocycles. The zero-order valence-corrected chi connectivity index (χ0v) is 13.9. The molecule has 0 saturated carbocycles. The Balaban J connectivity index is 1.65. The number of H-pyrrole nitrogens is 1. The van der Waals surface area contributed by atoms with Gasteiger partial charge in [0.2, 0.25) is 0 Å². The number of allylic oxidation sites excluding steroid dienone is 4. The van der Waals surface area contributed by atoms with Gasteiger partial charge < -0.3 is 5.32 Å². The molecule has 1 aromatic carbocycles. The summed E-state index contributed by atoms with van der Waals surface area (Å²) in [5, 5.41) is 11.3. The van der Waals surface area contributed by atoms with Crippen molar-refractivity contribution in [2.75, 3.05) is 0 Å². The summed E-state index contributed by atoms with van der Waals surface area (Å²) in [5.41, 5.74) is 5.87. The molecule has 3 aromatic rings. The van der Waals surface area contributed by atoms with Gasteiger partial charge in [-0.15, -0.1) is 0 Å². The molecule has 126 valence electrons. The summed E-state index contributed by atoms with van der Waals surface area (Å²) < 4.78 is 0. The van der Waals surface area contributed by atoms with E-state index in [2.05, 4.69) is 32.6 Å². The number of aromatic amines is 1. The van der Waals surface area contributed by atoms with E-state index in [1.807, 2.05) is 42.6 Å². The van der Waals surface area contributed by atoms with Crippen LogP contribution in [-0.4, -0.2) is 21.1 Å². The quantitative estimate of drug-likeness (QED) is 0.700. The van der Waals surface area contributed by atoms with Gasteiger partial charge in [0.05, 0.1) is 11.7 Å². The van der Waals surface area contributed by atoms with Crippen molar-refractivity contribution in [1.29, 1.82) is 0 Å². The maximum absolute atomic E-state index is 12.4. The van der Waals surface area contributed by atoms with Gasteiger partial charge in [0, 0.05) is 35.0 Å². The molecule has 2 aromatic heterocycles. The number of nitrogens with one attached hydrogen (secondary N) is 2. The Bertz CT molecular complexity index is 1110. The molecule has 3 heterocycles. The van der Waals surface area contributed by atoms with Crippen LogP contribution < -0.4 is 5.32 Å². The highest BCUT2D eigenvalue weighted by molar-refractivity contribution is 6.04. The lowest BCUT2D eigenvalue weighted by Gasteiger charge is -2.12. The summed E-state index contributed by atoms with van der Waals surface area (Å²) in [4.78, 5) is 16.5. The van der Waals surface area contributed by atoms with Gasteiger partial charge in [-0.1, -0.05) is 12.2 Å². The molecule has 1 fully saturated rings. The Hall–Kier alpha value is -3.47. The molecular formula is C21H16N4O. The van der Waals surface area contributed by atoms with Crippen molar-refractivity contribution >= 4 is 22.9 Å². The van der Waals surface area contributed by atoms with E-state index in [4.69, 9.17) is 0 Å². The molecule has 1 aliphatic carbocycles. The van der Waals surface area contributed by atoms with Gasteiger partial charge in [-0.25, -0.2) is 0 Å². The monoisotopic (exact) mass is 340 g/mol. The molecular weight excluding hydrogens is 324 g/mol. The van der Waals surface area contributed by atoms with Crippen molar-refractivity contribution in [3.8, 4) is 11.1 Å². The Morgan fingerprint density at radius 3 is 2.96 bits per heavy atom. The molecule has 5 heteroatoms. The Labute approximate surface area is 150 Å². The largest absolute Gasteiger partial charge is 0.325 e. The van der Waals surface area contributed by atoms with Crippen molar-refractivity contribution in [2.24, 2.45) is 5.92 Å². The highest BCUT2D eigenvalue weighted by Gasteiger charge is 2.32. The van der Waals surface area contributed by atoms with Crippen molar-refractivity contribution in [2.45, 2.75) is 6.42 Å². The first kappa shape index (κ1) is 14.8. The summed E-state index contributed by atoms with van der Waals surface area (Å²) >= 11 is 0. The van der Waals surface area contributed by atoms with Gasteiger partial charge in [-0.3, -0.25) is 14.9 Å². The van der Waals surface area contributed by atoms with Gasteiger partial charge >= 0.3 is 0 Å². The minimum absolute atomic E-state index is 0.0138. The molecule has 5 rings (SSSR count). The highest BCUT2D eigenvalue weighted by Crippen LogP contribution is 2.35. The maximum atomic E-state index is 12.4. The van der Waals surface area contributed by atoms with Crippen LogP contribution in [0.2, 0.25) is 0 Å². The van der Waals surface area contributed by atoms with E-state index in [1.54, 1.807) is 12.4 Å². The number of hydrogen-bond donors (Lipinski definition) is 2. The Morgan fingerprint density at radius 2 is 2.08 bits per heavy atom. The summed E-state index contributed by atoms with van der Waals surface area (Å²) in [6.45, 7) is 0. The molecule has 1 unspecified atom stereocenters. The lowest BCUT2D eigenvalue weighted by molar-refractivity contribution is -0.115. The number of fused-ring (bicyclic) bond motifs is 2. The number of carbonyl (C=O) groups is 1. The molecule has 2 aliphatic rings. The van der Waals surface area contributed by atoms with E-state index in [-0.39, 0.29) is 11.8 Å². The number of carbonyl (C=O) groups excluding carboxylic acids is 1. The molecule has 0 radical (unpaired) electrons. The Morgan fingerprint density at radius 1 is 1.19 bits per heavy atom. The zero-order valence-electron chi connectivity index (χ0n) is 13.9. The smallest absolute Gasteiger partial charge is 0.252 e. The SMILES string of the molecule is O=C1NC2=CC=CCC2C1=Cc1cc(-c2ccncc2)c2cn[nH]c2c1. The third-order valence-electron chi connectivity index (χ3n) is 4.95. The van der Waals surface area contributed by atoms with Crippen LogP contribution in [-0.2, 0) is 4.79 Å². The van der Waals surface area contributed by atoms with Crippen molar-refractivity contribution < 1.29 is 4.79 Å². The molecule has 0 bridgehead atoms. The van der Waals surface area contributed by atoms with Crippen molar-refractivity contribution in [1.82, 2.24) is 20.5 Å². The Kier molecular flexibility index (Phi) is 3.31. The van der Waals surface area contributed by atoms with Crippen LogP contribution >= 0.6 is 0 Å². The van der Waals surface area contributed by atoms with Crippen LogP contribution in [0.25, 0.3) is 28.1 Å². The standard InChI is InChI=1S/C21H16N4O/c26-21-17(15-3-1-2-4-19(15)24-21)10-13-9-16(14-5-7-22-8-6-14)18-12-23-25-20(18)11-13/h1-2,4-12,15H,3H2,(H,23,25)(H,24,26). The van der Waals surface area contributed by atoms with Gasteiger partial charge in [0.1, 0.15) is 0 Å². The second-order valence-electron chi connectivity index (χ2n) is 6.53. The summed E-state index contributed by atoms with van der Waals surface area (Å²) in [5.74, 6) is 0.106. The summed E-state index contributed by atoms with van der Waals surface area (Å²) in [6.07, 6.45) is 14.3. The van der Waals surface area contributed by atoms with Gasteiger partial charge in [0.25, 0.3) is 5.91 Å². The lowest BCUT2D eigenvalue weighted by atomic mass is 9.90. The number of benzene rings is 1. The highest BCUT2D eigenvalue weighted by atomic mass is 16.2. The topological polar surface area (TPSA) is 70.7 Å². The first-order chi connectivity index (χ1) is 12.8. The number of amides is 1. The number of pyridine rings is 1. The number of hydrogen-bond acceptors (Lipinski definition) is 3. The van der Waals surface area contributed by atoms with Crippen LogP contribution in [0.5, 0.6) is 0 Å². The molecule has 0 spiro atoms. The average molecular weight is 340 g/mol. The number of aromatic nitrogens is 3. The van der Waals surface area contributed by atoms with E-state index in [1.165, 1.54) is 0 Å². The fourth-order valence-corrected chi connectivity index (χ4v) is 3.69. The second-order valence-corrected chi connectivity index (χ2v) is 6.53. The molecule has 2 N–H and O–H groups in total. The van der Waals surface area contributed by atoms with E-state index < -0.39 is 0 Å². The predicted octanol–water partition coefficient (Wildman–Crippen LogP) is 3.60. The third-order valence-corrected chi connectivity index (χ3v) is 4.95. The molecule has 1 atom stereocenters. The molecule has 1 aliphatic heterocycles. The average Bonchev–Trinajstić information content (AvgIpc) is 3.26. The first-order valence-electron chi connectivity index (χ1n) is 8.57.